The molecule has 2 unspecified atom stereocenters. The predicted molar refractivity (Wildman–Crippen MR) is 183 cm³/mol. The van der Waals surface area contributed by atoms with Crippen molar-refractivity contribution >= 4 is 11.9 Å². The van der Waals surface area contributed by atoms with Gasteiger partial charge in [-0.15, -0.1) is 0 Å². The summed E-state index contributed by atoms with van der Waals surface area (Å²) in [5, 5.41) is 19.6. The molecule has 43 heavy (non-hydrogen) atoms. The van der Waals surface area contributed by atoms with Gasteiger partial charge in [0, 0.05) is 19.3 Å². The van der Waals surface area contributed by atoms with Gasteiger partial charge >= 0.3 is 11.9 Å². The van der Waals surface area contributed by atoms with Gasteiger partial charge in [-0.05, 0) is 25.2 Å². The Kier molecular flexibility index (Phi) is 32.9. The van der Waals surface area contributed by atoms with Crippen LogP contribution in [0.25, 0.3) is 0 Å². The summed E-state index contributed by atoms with van der Waals surface area (Å²) in [6, 6.07) is 0. The zero-order valence-electron chi connectivity index (χ0n) is 28.9. The number of rotatable bonds is 35. The third kappa shape index (κ3) is 33.6. The first-order valence-electron chi connectivity index (χ1n) is 19.0. The van der Waals surface area contributed by atoms with Crippen LogP contribution >= 0.6 is 0 Å². The Morgan fingerprint density at radius 1 is 0.512 bits per heavy atom. The van der Waals surface area contributed by atoms with Crippen molar-refractivity contribution in [1.82, 2.24) is 0 Å². The molecule has 0 aliphatic carbocycles. The lowest BCUT2D eigenvalue weighted by atomic mass is 9.89. The lowest BCUT2D eigenvalue weighted by Crippen LogP contribution is -2.17. The van der Waals surface area contributed by atoms with E-state index in [0.29, 0.717) is 25.4 Å². The van der Waals surface area contributed by atoms with Crippen molar-refractivity contribution in [2.75, 3.05) is 6.61 Å². The van der Waals surface area contributed by atoms with Crippen LogP contribution in [0.1, 0.15) is 213 Å². The van der Waals surface area contributed by atoms with Gasteiger partial charge in [-0.3, -0.25) is 9.59 Å². The van der Waals surface area contributed by atoms with Crippen LogP contribution in [0.15, 0.2) is 0 Å². The highest BCUT2D eigenvalue weighted by molar-refractivity contribution is 5.69. The Balaban J connectivity index is 3.95. The summed E-state index contributed by atoms with van der Waals surface area (Å²) in [4.78, 5) is 22.9. The molecular weight excluding hydrogens is 536 g/mol. The van der Waals surface area contributed by atoms with Crippen LogP contribution in [0, 0.1) is 5.92 Å². The van der Waals surface area contributed by atoms with Crippen LogP contribution in [-0.4, -0.2) is 34.9 Å². The predicted octanol–water partition coefficient (Wildman–Crippen LogP) is 11.7. The summed E-state index contributed by atoms with van der Waals surface area (Å²) in [6.45, 7) is 4.83. The van der Waals surface area contributed by atoms with Crippen LogP contribution < -0.4 is 0 Å². The smallest absolute Gasteiger partial charge is 0.305 e. The molecule has 0 radical (unpaired) electrons. The highest BCUT2D eigenvalue weighted by Gasteiger charge is 2.15. The van der Waals surface area contributed by atoms with E-state index >= 15 is 0 Å². The molecule has 0 amide bonds. The van der Waals surface area contributed by atoms with Crippen LogP contribution in [0.2, 0.25) is 0 Å². The quantitative estimate of drug-likeness (QED) is 0.0551. The average molecular weight is 611 g/mol. The second kappa shape index (κ2) is 33.8. The fourth-order valence-corrected chi connectivity index (χ4v) is 6.18. The molecule has 0 fully saturated rings. The molecule has 5 heteroatoms. The number of carbonyl (C=O) groups excluding carboxylic acids is 1. The molecule has 0 aliphatic rings. The van der Waals surface area contributed by atoms with Crippen molar-refractivity contribution in [3.8, 4) is 0 Å². The zero-order chi connectivity index (χ0) is 31.6. The van der Waals surface area contributed by atoms with E-state index in [1.807, 2.05) is 0 Å². The number of aliphatic hydroxyl groups is 1. The van der Waals surface area contributed by atoms with E-state index < -0.39 is 12.1 Å². The summed E-state index contributed by atoms with van der Waals surface area (Å²) in [7, 11) is 0. The first kappa shape index (κ1) is 41.9. The van der Waals surface area contributed by atoms with Crippen molar-refractivity contribution in [2.24, 2.45) is 5.92 Å². The minimum absolute atomic E-state index is 0.125. The van der Waals surface area contributed by atoms with Gasteiger partial charge in [-0.25, -0.2) is 0 Å². The normalized spacial score (nSPS) is 12.8. The molecule has 2 N–H and O–H groups in total. The molecule has 0 aromatic carbocycles. The van der Waals surface area contributed by atoms with Gasteiger partial charge in [0.2, 0.25) is 0 Å². The molecule has 256 valence electrons. The molecule has 0 rings (SSSR count). The number of carboxylic acids is 1. The standard InChI is InChI=1S/C38H74O5/c1-3-5-7-9-11-13-14-15-16-18-20-22-27-31-38(42)43-33-32-36(39)34-35(29-25-23-26-30-37(40)41)28-24-21-19-17-12-10-8-6-4-2/h35-36,39H,3-34H2,1-2H3,(H,40,41). The molecule has 0 bridgehead atoms. The van der Waals surface area contributed by atoms with Crippen LogP contribution in [0.4, 0.5) is 0 Å². The van der Waals surface area contributed by atoms with E-state index in [2.05, 4.69) is 13.8 Å². The SMILES string of the molecule is CCCCCCCCCCCCCCCC(=O)OCCC(O)CC(CCCCCCCCCCC)CCCCCC(=O)O. The third-order valence-corrected chi connectivity index (χ3v) is 9.02. The molecule has 0 spiro atoms. The molecule has 0 aliphatic heterocycles. The molecular formula is C38H74O5. The summed E-state index contributed by atoms with van der Waals surface area (Å²) in [5.41, 5.74) is 0. The number of carbonyl (C=O) groups is 2. The molecule has 0 aromatic rings. The van der Waals surface area contributed by atoms with Gasteiger partial charge in [0.1, 0.15) is 0 Å². The first-order chi connectivity index (χ1) is 21.0. The number of hydrogen-bond acceptors (Lipinski definition) is 4. The zero-order valence-corrected chi connectivity index (χ0v) is 28.9. The number of hydrogen-bond donors (Lipinski definition) is 2. The number of aliphatic hydroxyl groups excluding tert-OH is 1. The van der Waals surface area contributed by atoms with E-state index in [9.17, 15) is 14.7 Å². The minimum atomic E-state index is -0.717. The van der Waals surface area contributed by atoms with Crippen molar-refractivity contribution in [1.29, 1.82) is 0 Å². The molecule has 0 aromatic heterocycles. The molecule has 0 heterocycles. The number of unbranched alkanes of at least 4 members (excludes halogenated alkanes) is 22. The number of ether oxygens (including phenoxy) is 1. The largest absolute Gasteiger partial charge is 0.481 e. The van der Waals surface area contributed by atoms with Gasteiger partial charge in [0.25, 0.3) is 0 Å². The Morgan fingerprint density at radius 3 is 1.33 bits per heavy atom. The Labute approximate surface area is 267 Å². The maximum atomic E-state index is 12.2. The Bertz CT molecular complexity index is 593. The fourth-order valence-electron chi connectivity index (χ4n) is 6.18. The Morgan fingerprint density at radius 2 is 0.884 bits per heavy atom. The van der Waals surface area contributed by atoms with E-state index in [4.69, 9.17) is 9.84 Å². The highest BCUT2D eigenvalue weighted by atomic mass is 16.5. The fraction of sp³-hybridized carbons (Fsp3) is 0.947. The number of esters is 1. The second-order valence-corrected chi connectivity index (χ2v) is 13.4. The van der Waals surface area contributed by atoms with Crippen LogP contribution in [0.3, 0.4) is 0 Å². The van der Waals surface area contributed by atoms with Crippen molar-refractivity contribution < 1.29 is 24.5 Å². The topological polar surface area (TPSA) is 83.8 Å². The first-order valence-corrected chi connectivity index (χ1v) is 19.0. The molecule has 5 nitrogen and oxygen atoms in total. The highest BCUT2D eigenvalue weighted by Crippen LogP contribution is 2.24. The molecule has 0 saturated heterocycles. The summed E-state index contributed by atoms with van der Waals surface area (Å²) < 4.78 is 5.44. The average Bonchev–Trinajstić information content (AvgIpc) is 2.98. The van der Waals surface area contributed by atoms with Crippen molar-refractivity contribution in [2.45, 2.75) is 219 Å². The molecule has 2 atom stereocenters. The maximum absolute atomic E-state index is 12.2. The summed E-state index contributed by atoms with van der Waals surface area (Å²) >= 11 is 0. The van der Waals surface area contributed by atoms with Gasteiger partial charge in [-0.1, -0.05) is 174 Å². The maximum Gasteiger partial charge on any atom is 0.305 e. The van der Waals surface area contributed by atoms with E-state index in [0.717, 1.165) is 51.4 Å². The van der Waals surface area contributed by atoms with Crippen molar-refractivity contribution in [3.63, 3.8) is 0 Å². The van der Waals surface area contributed by atoms with E-state index in [1.165, 1.54) is 128 Å². The van der Waals surface area contributed by atoms with Crippen LogP contribution in [-0.2, 0) is 14.3 Å². The minimum Gasteiger partial charge on any atom is -0.481 e. The number of aliphatic carboxylic acids is 1. The van der Waals surface area contributed by atoms with E-state index in [-0.39, 0.29) is 12.4 Å². The Hall–Kier alpha value is -1.10. The van der Waals surface area contributed by atoms with Gasteiger partial charge in [-0.2, -0.15) is 0 Å². The van der Waals surface area contributed by atoms with Gasteiger partial charge < -0.3 is 14.9 Å². The monoisotopic (exact) mass is 611 g/mol. The van der Waals surface area contributed by atoms with Crippen molar-refractivity contribution in [3.05, 3.63) is 0 Å². The van der Waals surface area contributed by atoms with Gasteiger partial charge in [0.15, 0.2) is 0 Å². The second-order valence-electron chi connectivity index (χ2n) is 13.4. The molecule has 0 saturated carbocycles. The lowest BCUT2D eigenvalue weighted by molar-refractivity contribution is -0.144. The third-order valence-electron chi connectivity index (χ3n) is 9.02. The van der Waals surface area contributed by atoms with E-state index in [1.54, 1.807) is 0 Å². The van der Waals surface area contributed by atoms with Gasteiger partial charge in [0.05, 0.1) is 12.7 Å². The summed E-state index contributed by atoms with van der Waals surface area (Å²) in [6.07, 6.45) is 35.1. The number of carboxylic acid groups (broad SMARTS) is 1. The van der Waals surface area contributed by atoms with Crippen LogP contribution in [0.5, 0.6) is 0 Å². The lowest BCUT2D eigenvalue weighted by Gasteiger charge is -2.20. The summed E-state index contributed by atoms with van der Waals surface area (Å²) in [5.74, 6) is -0.379.